The number of amides is 1. The standard InChI is InChI=1S/C29H25ClN2O6/c30-22-5-1-19(2-6-22)14-32(15-21-4-9-25-28(12-21)37-18-35-25)16-23-7-10-26(38-23)29(33)31-13-20-3-8-24-27(11-20)36-17-34-24/h1-12H,13-18H2,(H,31,33). The molecule has 1 aromatic heterocycles. The molecule has 0 saturated carbocycles. The van der Waals surface area contributed by atoms with Gasteiger partial charge in [-0.3, -0.25) is 9.69 Å². The lowest BCUT2D eigenvalue weighted by Crippen LogP contribution is -2.23. The minimum absolute atomic E-state index is 0.212. The average molecular weight is 533 g/mol. The summed E-state index contributed by atoms with van der Waals surface area (Å²) < 4.78 is 27.7. The zero-order chi connectivity index (χ0) is 25.9. The first kappa shape index (κ1) is 24.2. The highest BCUT2D eigenvalue weighted by Crippen LogP contribution is 2.34. The zero-order valence-corrected chi connectivity index (χ0v) is 21.2. The molecule has 2 aliphatic rings. The van der Waals surface area contributed by atoms with Crippen LogP contribution in [0, 0.1) is 0 Å². The van der Waals surface area contributed by atoms with Crippen molar-refractivity contribution in [3.63, 3.8) is 0 Å². The van der Waals surface area contributed by atoms with E-state index < -0.39 is 0 Å². The lowest BCUT2D eigenvalue weighted by Gasteiger charge is -2.22. The fraction of sp³-hybridized carbons (Fsp3) is 0.207. The van der Waals surface area contributed by atoms with E-state index in [9.17, 15) is 4.79 Å². The van der Waals surface area contributed by atoms with Crippen molar-refractivity contribution in [2.24, 2.45) is 0 Å². The highest BCUT2D eigenvalue weighted by atomic mass is 35.5. The molecule has 8 nitrogen and oxygen atoms in total. The monoisotopic (exact) mass is 532 g/mol. The smallest absolute Gasteiger partial charge is 0.287 e. The van der Waals surface area contributed by atoms with Crippen LogP contribution in [0.1, 0.15) is 33.0 Å². The van der Waals surface area contributed by atoms with Crippen LogP contribution in [0.25, 0.3) is 0 Å². The first-order valence-electron chi connectivity index (χ1n) is 12.2. The van der Waals surface area contributed by atoms with Crippen LogP contribution < -0.4 is 24.3 Å². The van der Waals surface area contributed by atoms with Crippen LogP contribution in [0.4, 0.5) is 0 Å². The molecule has 1 amide bonds. The van der Waals surface area contributed by atoms with Crippen LogP contribution in [0.2, 0.25) is 5.02 Å². The number of nitrogens with one attached hydrogen (secondary N) is 1. The molecular formula is C29H25ClN2O6. The van der Waals surface area contributed by atoms with Crippen LogP contribution in [-0.2, 0) is 26.2 Å². The van der Waals surface area contributed by atoms with E-state index in [2.05, 4.69) is 10.2 Å². The van der Waals surface area contributed by atoms with E-state index in [0.717, 1.165) is 28.2 Å². The van der Waals surface area contributed by atoms with Crippen molar-refractivity contribution in [2.45, 2.75) is 26.2 Å². The molecule has 9 heteroatoms. The summed E-state index contributed by atoms with van der Waals surface area (Å²) in [4.78, 5) is 15.0. The molecule has 0 unspecified atom stereocenters. The van der Waals surface area contributed by atoms with Gasteiger partial charge in [0.2, 0.25) is 13.6 Å². The number of furan rings is 1. The molecular weight excluding hydrogens is 508 g/mol. The number of hydrogen-bond donors (Lipinski definition) is 1. The normalized spacial score (nSPS) is 13.2. The van der Waals surface area contributed by atoms with Gasteiger partial charge in [0.25, 0.3) is 5.91 Å². The van der Waals surface area contributed by atoms with Crippen molar-refractivity contribution in [1.82, 2.24) is 10.2 Å². The summed E-state index contributed by atoms with van der Waals surface area (Å²) >= 11 is 6.08. The second-order valence-corrected chi connectivity index (χ2v) is 9.53. The number of benzene rings is 3. The third-order valence-electron chi connectivity index (χ3n) is 6.32. The lowest BCUT2D eigenvalue weighted by molar-refractivity contribution is 0.0918. The minimum Gasteiger partial charge on any atom is -0.455 e. The lowest BCUT2D eigenvalue weighted by atomic mass is 10.1. The van der Waals surface area contributed by atoms with Gasteiger partial charge in [-0.05, 0) is 65.2 Å². The number of rotatable bonds is 9. The van der Waals surface area contributed by atoms with Crippen LogP contribution in [0.5, 0.6) is 23.0 Å². The molecule has 38 heavy (non-hydrogen) atoms. The second-order valence-electron chi connectivity index (χ2n) is 9.10. The molecule has 6 rings (SSSR count). The van der Waals surface area contributed by atoms with Gasteiger partial charge in [0.05, 0.1) is 6.54 Å². The summed E-state index contributed by atoms with van der Waals surface area (Å²) in [5, 5.41) is 3.59. The van der Waals surface area contributed by atoms with Crippen molar-refractivity contribution in [2.75, 3.05) is 13.6 Å². The number of carbonyl (C=O) groups is 1. The molecule has 0 bridgehead atoms. The van der Waals surface area contributed by atoms with E-state index in [-0.39, 0.29) is 25.3 Å². The van der Waals surface area contributed by atoms with Crippen LogP contribution >= 0.6 is 11.6 Å². The van der Waals surface area contributed by atoms with E-state index in [1.807, 2.05) is 66.7 Å². The molecule has 3 aromatic carbocycles. The topological polar surface area (TPSA) is 82.4 Å². The third-order valence-corrected chi connectivity index (χ3v) is 6.57. The van der Waals surface area contributed by atoms with E-state index in [0.29, 0.717) is 48.5 Å². The maximum atomic E-state index is 12.8. The van der Waals surface area contributed by atoms with Crippen molar-refractivity contribution in [3.05, 3.63) is 106 Å². The van der Waals surface area contributed by atoms with Gasteiger partial charge in [-0.2, -0.15) is 0 Å². The minimum atomic E-state index is -0.283. The van der Waals surface area contributed by atoms with Gasteiger partial charge < -0.3 is 28.7 Å². The number of ether oxygens (including phenoxy) is 4. The molecule has 0 spiro atoms. The highest BCUT2D eigenvalue weighted by molar-refractivity contribution is 6.30. The third kappa shape index (κ3) is 5.56. The van der Waals surface area contributed by atoms with E-state index >= 15 is 0 Å². The summed E-state index contributed by atoms with van der Waals surface area (Å²) in [5.41, 5.74) is 3.10. The van der Waals surface area contributed by atoms with Crippen LogP contribution in [0.3, 0.4) is 0 Å². The van der Waals surface area contributed by atoms with Gasteiger partial charge in [-0.1, -0.05) is 35.9 Å². The molecule has 0 fully saturated rings. The maximum absolute atomic E-state index is 12.8. The molecule has 0 radical (unpaired) electrons. The number of carbonyl (C=O) groups excluding carboxylic acids is 1. The molecule has 0 saturated heterocycles. The largest absolute Gasteiger partial charge is 0.455 e. The number of fused-ring (bicyclic) bond motifs is 2. The van der Waals surface area contributed by atoms with Gasteiger partial charge in [0.1, 0.15) is 5.76 Å². The van der Waals surface area contributed by atoms with Crippen LogP contribution in [0.15, 0.2) is 77.2 Å². The fourth-order valence-electron chi connectivity index (χ4n) is 4.44. The Morgan fingerprint density at radius 3 is 2.05 bits per heavy atom. The highest BCUT2D eigenvalue weighted by Gasteiger charge is 2.18. The SMILES string of the molecule is O=C(NCc1ccc2c(c1)OCO2)c1ccc(CN(Cc2ccc(Cl)cc2)Cc2ccc3c(c2)OCO3)o1. The van der Waals surface area contributed by atoms with Crippen molar-refractivity contribution >= 4 is 17.5 Å². The summed E-state index contributed by atoms with van der Waals surface area (Å²) in [6.07, 6.45) is 0. The molecule has 2 aliphatic heterocycles. The predicted octanol–water partition coefficient (Wildman–Crippen LogP) is 5.52. The van der Waals surface area contributed by atoms with Gasteiger partial charge >= 0.3 is 0 Å². The first-order valence-corrected chi connectivity index (χ1v) is 12.6. The fourth-order valence-corrected chi connectivity index (χ4v) is 4.56. The Kier molecular flexibility index (Phi) is 6.81. The summed E-state index contributed by atoms with van der Waals surface area (Å²) in [5.74, 6) is 3.55. The van der Waals surface area contributed by atoms with Gasteiger partial charge in [0, 0.05) is 24.7 Å². The zero-order valence-electron chi connectivity index (χ0n) is 20.4. The van der Waals surface area contributed by atoms with Crippen molar-refractivity contribution < 1.29 is 28.2 Å². The summed E-state index contributed by atoms with van der Waals surface area (Å²) in [6, 6.07) is 22.8. The Balaban J connectivity index is 1.13. The molecule has 4 aromatic rings. The first-order chi connectivity index (χ1) is 18.6. The second kappa shape index (κ2) is 10.7. The van der Waals surface area contributed by atoms with E-state index in [1.54, 1.807) is 6.07 Å². The van der Waals surface area contributed by atoms with Gasteiger partial charge in [0.15, 0.2) is 28.8 Å². The summed E-state index contributed by atoms with van der Waals surface area (Å²) in [7, 11) is 0. The molecule has 1 N–H and O–H groups in total. The molecule has 0 atom stereocenters. The Hall–Kier alpha value is -4.14. The van der Waals surface area contributed by atoms with E-state index in [1.165, 1.54) is 0 Å². The number of nitrogens with zero attached hydrogens (tertiary/aromatic N) is 1. The Labute approximate surface area is 224 Å². The van der Waals surface area contributed by atoms with Gasteiger partial charge in [-0.15, -0.1) is 0 Å². The average Bonchev–Trinajstić information content (AvgIpc) is 3.69. The summed E-state index contributed by atoms with van der Waals surface area (Å²) in [6.45, 7) is 2.61. The number of hydrogen-bond acceptors (Lipinski definition) is 7. The van der Waals surface area contributed by atoms with Crippen molar-refractivity contribution in [1.29, 1.82) is 0 Å². The maximum Gasteiger partial charge on any atom is 0.287 e. The van der Waals surface area contributed by atoms with Crippen LogP contribution in [-0.4, -0.2) is 24.4 Å². The van der Waals surface area contributed by atoms with E-state index in [4.69, 9.17) is 35.0 Å². The van der Waals surface area contributed by atoms with Crippen molar-refractivity contribution in [3.8, 4) is 23.0 Å². The Morgan fingerprint density at radius 1 is 0.711 bits per heavy atom. The Morgan fingerprint density at radius 2 is 1.32 bits per heavy atom. The predicted molar refractivity (Wildman–Crippen MR) is 139 cm³/mol. The molecule has 194 valence electrons. The Bertz CT molecular complexity index is 1450. The quantitative estimate of drug-likeness (QED) is 0.304. The molecule has 3 heterocycles. The number of halogens is 1. The van der Waals surface area contributed by atoms with Gasteiger partial charge in [-0.25, -0.2) is 0 Å². The molecule has 0 aliphatic carbocycles.